The van der Waals surface area contributed by atoms with E-state index in [2.05, 4.69) is 21.5 Å². The molecule has 0 aliphatic rings. The van der Waals surface area contributed by atoms with Crippen molar-refractivity contribution in [2.75, 3.05) is 4.72 Å². The number of rotatable bonds is 4. The Labute approximate surface area is 218 Å². The van der Waals surface area contributed by atoms with Crippen molar-refractivity contribution in [3.05, 3.63) is 83.0 Å². The summed E-state index contributed by atoms with van der Waals surface area (Å²) in [6.45, 7) is 1.75. The molecule has 0 atom stereocenters. The Kier molecular flexibility index (Phi) is 8.20. The van der Waals surface area contributed by atoms with Gasteiger partial charge in [0, 0.05) is 17.3 Å². The van der Waals surface area contributed by atoms with Gasteiger partial charge in [0.1, 0.15) is 17.1 Å². The van der Waals surface area contributed by atoms with Crippen molar-refractivity contribution < 1.29 is 76.2 Å². The molecule has 0 saturated heterocycles. The topological polar surface area (TPSA) is 117 Å². The molecule has 1 aromatic heterocycles. The van der Waals surface area contributed by atoms with Gasteiger partial charge in [-0.3, -0.25) is 4.72 Å². The molecule has 3 aromatic rings. The van der Waals surface area contributed by atoms with Gasteiger partial charge < -0.3 is 11.6 Å². The molecule has 3 N–H and O–H groups in total. The fraction of sp³-hybridized carbons (Fsp3) is 0.0476. The van der Waals surface area contributed by atoms with Crippen molar-refractivity contribution in [1.29, 1.82) is 0 Å². The molecule has 0 saturated carbocycles. The number of hydrogen-bond donors (Lipinski definition) is 3. The number of carboxylic acid groups (broad SMARTS) is 1. The van der Waals surface area contributed by atoms with Crippen molar-refractivity contribution in [1.82, 2.24) is 4.98 Å². The van der Waals surface area contributed by atoms with E-state index in [9.17, 15) is 18.3 Å². The third-order valence-electron chi connectivity index (χ3n) is 3.98. The molecule has 0 unspecified atom stereocenters. The van der Waals surface area contributed by atoms with E-state index >= 15 is 0 Å². The summed E-state index contributed by atoms with van der Waals surface area (Å²) < 4.78 is 27.5. The number of nitrogens with one attached hydrogen (secondary N) is 1. The first-order chi connectivity index (χ1) is 13.8. The summed E-state index contributed by atoms with van der Waals surface area (Å²) in [4.78, 5) is 15.1. The molecule has 30 heavy (non-hydrogen) atoms. The van der Waals surface area contributed by atoms with Crippen LogP contribution >= 0.6 is 0 Å². The van der Waals surface area contributed by atoms with Gasteiger partial charge in [0.15, 0.2) is 0 Å². The van der Waals surface area contributed by atoms with E-state index in [-0.39, 0.29) is 74.8 Å². The molecule has 1 heterocycles. The maximum atomic E-state index is 12.5. The zero-order valence-corrected chi connectivity index (χ0v) is 20.2. The number of sulfonamides is 1. The minimum atomic E-state index is -3.79. The van der Waals surface area contributed by atoms with E-state index in [1.54, 1.807) is 31.2 Å². The van der Waals surface area contributed by atoms with E-state index in [0.29, 0.717) is 16.7 Å². The van der Waals surface area contributed by atoms with E-state index in [1.807, 2.05) is 0 Å². The van der Waals surface area contributed by atoms with Crippen LogP contribution in [0, 0.1) is 18.8 Å². The number of anilines is 1. The molecule has 148 valence electrons. The second-order valence-electron chi connectivity index (χ2n) is 6.09. The maximum Gasteiger partial charge on any atom is 1.00 e. The number of hydrogen-bond acceptors (Lipinski definition) is 5. The molecule has 2 aromatic carbocycles. The van der Waals surface area contributed by atoms with E-state index in [0.717, 1.165) is 0 Å². The predicted molar refractivity (Wildman–Crippen MR) is 108 cm³/mol. The van der Waals surface area contributed by atoms with Crippen LogP contribution in [0.1, 0.15) is 28.5 Å². The van der Waals surface area contributed by atoms with Crippen LogP contribution in [-0.4, -0.2) is 29.6 Å². The molecule has 0 amide bonds. The Morgan fingerprint density at radius 1 is 1.07 bits per heavy atom. The van der Waals surface area contributed by atoms with Crippen molar-refractivity contribution >= 4 is 21.8 Å². The molecular formula is C21H17KN2O5S. The average Bonchev–Trinajstić information content (AvgIpc) is 2.69. The zero-order valence-electron chi connectivity index (χ0n) is 17.2. The van der Waals surface area contributed by atoms with Crippen LogP contribution in [0.3, 0.4) is 0 Å². The number of phenols is 1. The first-order valence-corrected chi connectivity index (χ1v) is 9.87. The Balaban J connectivity index is 0.00000240. The standard InChI is InChI=1S/C21H16N2O5S.K.H/c1-14-3-2-12-22-20(14)23-29(27,28)17-9-6-15(7-10-17)4-5-16-8-11-19(24)18(13-16)21(25)26;;/h2-3,6-13,24H,1H3,(H,22,23)(H,25,26);;/q;+1;-1. The summed E-state index contributed by atoms with van der Waals surface area (Å²) in [7, 11) is -3.79. The van der Waals surface area contributed by atoms with Crippen molar-refractivity contribution in [3.8, 4) is 17.6 Å². The smallest absolute Gasteiger partial charge is 1.00 e. The number of pyridine rings is 1. The van der Waals surface area contributed by atoms with Gasteiger partial charge in [0.25, 0.3) is 10.0 Å². The molecule has 0 aliphatic carbocycles. The number of aryl methyl sites for hydroxylation is 1. The fourth-order valence-electron chi connectivity index (χ4n) is 2.43. The average molecular weight is 449 g/mol. The molecule has 3 rings (SSSR count). The maximum absolute atomic E-state index is 12.5. The molecule has 0 fully saturated rings. The summed E-state index contributed by atoms with van der Waals surface area (Å²) in [5.41, 5.74) is 1.41. The second-order valence-corrected chi connectivity index (χ2v) is 7.77. The minimum Gasteiger partial charge on any atom is -1.00 e. The Morgan fingerprint density at radius 3 is 2.33 bits per heavy atom. The number of aromatic nitrogens is 1. The second kappa shape index (κ2) is 10.2. The zero-order chi connectivity index (χ0) is 21.0. The van der Waals surface area contributed by atoms with E-state index in [4.69, 9.17) is 5.11 Å². The predicted octanol–water partition coefficient (Wildman–Crippen LogP) is 0.111. The van der Waals surface area contributed by atoms with Crippen LogP contribution in [-0.2, 0) is 10.0 Å². The van der Waals surface area contributed by atoms with Gasteiger partial charge in [-0.1, -0.05) is 17.9 Å². The minimum absolute atomic E-state index is 0. The number of aromatic hydroxyl groups is 1. The summed E-state index contributed by atoms with van der Waals surface area (Å²) in [6, 6.07) is 13.4. The number of carbonyl (C=O) groups is 1. The van der Waals surface area contributed by atoms with Gasteiger partial charge in [-0.05, 0) is 61.0 Å². The third-order valence-corrected chi connectivity index (χ3v) is 5.34. The Morgan fingerprint density at radius 2 is 1.70 bits per heavy atom. The summed E-state index contributed by atoms with van der Waals surface area (Å²) in [6.07, 6.45) is 1.50. The van der Waals surface area contributed by atoms with Crippen LogP contribution in [0.4, 0.5) is 5.82 Å². The van der Waals surface area contributed by atoms with Gasteiger partial charge in [-0.15, -0.1) is 0 Å². The summed E-state index contributed by atoms with van der Waals surface area (Å²) in [5, 5.41) is 18.6. The molecule has 0 bridgehead atoms. The van der Waals surface area contributed by atoms with Crippen LogP contribution in [0.2, 0.25) is 0 Å². The third kappa shape index (κ3) is 5.92. The van der Waals surface area contributed by atoms with E-state index < -0.39 is 16.0 Å². The number of carboxylic acids is 1. The van der Waals surface area contributed by atoms with Gasteiger partial charge in [-0.2, -0.15) is 0 Å². The summed E-state index contributed by atoms with van der Waals surface area (Å²) in [5.74, 6) is 4.29. The normalized spacial score (nSPS) is 10.3. The number of benzene rings is 2. The largest absolute Gasteiger partial charge is 1.00 e. The van der Waals surface area contributed by atoms with Gasteiger partial charge >= 0.3 is 57.4 Å². The molecule has 7 nitrogen and oxygen atoms in total. The fourth-order valence-corrected chi connectivity index (χ4v) is 3.51. The van der Waals surface area contributed by atoms with Crippen LogP contribution in [0.15, 0.2) is 65.7 Å². The van der Waals surface area contributed by atoms with Gasteiger partial charge in [0.05, 0.1) is 4.90 Å². The van der Waals surface area contributed by atoms with Crippen molar-refractivity contribution in [3.63, 3.8) is 0 Å². The molecular weight excluding hydrogens is 431 g/mol. The Hall–Kier alpha value is -2.19. The first-order valence-electron chi connectivity index (χ1n) is 8.39. The first kappa shape index (κ1) is 24.1. The SMILES string of the molecule is Cc1cccnc1NS(=O)(=O)c1ccc(C#Cc2ccc(O)c(C(=O)O)c2)cc1.[H-].[K+]. The van der Waals surface area contributed by atoms with Crippen LogP contribution in [0.5, 0.6) is 5.75 Å². The van der Waals surface area contributed by atoms with Crippen molar-refractivity contribution in [2.45, 2.75) is 11.8 Å². The quantitative estimate of drug-likeness (QED) is 0.385. The van der Waals surface area contributed by atoms with Crippen LogP contribution < -0.4 is 56.1 Å². The van der Waals surface area contributed by atoms with Crippen molar-refractivity contribution in [2.24, 2.45) is 0 Å². The summed E-state index contributed by atoms with van der Waals surface area (Å²) >= 11 is 0. The molecule has 0 radical (unpaired) electrons. The monoisotopic (exact) mass is 448 g/mol. The van der Waals surface area contributed by atoms with Gasteiger partial charge in [-0.25, -0.2) is 18.2 Å². The molecule has 0 spiro atoms. The van der Waals surface area contributed by atoms with Gasteiger partial charge in [0.2, 0.25) is 0 Å². The molecule has 9 heteroatoms. The van der Waals surface area contributed by atoms with E-state index in [1.165, 1.54) is 36.5 Å². The number of aromatic carboxylic acids is 1. The Bertz CT molecular complexity index is 1250. The van der Waals surface area contributed by atoms with Crippen LogP contribution in [0.25, 0.3) is 0 Å². The number of nitrogens with zero attached hydrogens (tertiary/aromatic N) is 1. The molecule has 0 aliphatic heterocycles.